The maximum absolute atomic E-state index is 2.53. The Hall–Kier alpha value is -0.780. The second kappa shape index (κ2) is 4.40. The highest BCUT2D eigenvalue weighted by Gasteiger charge is 2.36. The average Bonchev–Trinajstić information content (AvgIpc) is 2.65. The SMILES string of the molecule is CCC1(CC)CCc2cc(C)c(C(C)(C)C)cc21. The Balaban J connectivity index is 2.60. The number of benzene rings is 1. The molecular formula is C18H28. The summed E-state index contributed by atoms with van der Waals surface area (Å²) in [6.45, 7) is 14.0. The zero-order chi connectivity index (χ0) is 13.6. The predicted octanol–water partition coefficient (Wildman–Crippen LogP) is 5.30. The van der Waals surface area contributed by atoms with Crippen LogP contribution in [0.3, 0.4) is 0 Å². The van der Waals surface area contributed by atoms with Crippen LogP contribution in [-0.2, 0) is 17.3 Å². The minimum atomic E-state index is 0.259. The van der Waals surface area contributed by atoms with Crippen LogP contribution in [0, 0.1) is 6.92 Å². The molecule has 0 fully saturated rings. The van der Waals surface area contributed by atoms with E-state index in [2.05, 4.69) is 53.7 Å². The van der Waals surface area contributed by atoms with Gasteiger partial charge in [-0.1, -0.05) is 46.8 Å². The smallest absolute Gasteiger partial charge is 0.00462 e. The minimum Gasteiger partial charge on any atom is -0.0645 e. The molecule has 1 aromatic carbocycles. The average molecular weight is 244 g/mol. The van der Waals surface area contributed by atoms with Gasteiger partial charge in [0.05, 0.1) is 0 Å². The van der Waals surface area contributed by atoms with Crippen LogP contribution in [0.2, 0.25) is 0 Å². The molecule has 2 rings (SSSR count). The summed E-state index contributed by atoms with van der Waals surface area (Å²) in [6.07, 6.45) is 5.19. The number of fused-ring (bicyclic) bond motifs is 1. The van der Waals surface area contributed by atoms with Gasteiger partial charge in [0, 0.05) is 0 Å². The highest BCUT2D eigenvalue weighted by Crippen LogP contribution is 2.46. The van der Waals surface area contributed by atoms with Crippen molar-refractivity contribution in [1.29, 1.82) is 0 Å². The van der Waals surface area contributed by atoms with E-state index in [1.54, 1.807) is 11.1 Å². The van der Waals surface area contributed by atoms with Crippen molar-refractivity contribution in [2.75, 3.05) is 0 Å². The number of hydrogen-bond acceptors (Lipinski definition) is 0. The molecule has 0 aliphatic heterocycles. The number of aryl methyl sites for hydroxylation is 2. The van der Waals surface area contributed by atoms with Crippen molar-refractivity contribution in [1.82, 2.24) is 0 Å². The van der Waals surface area contributed by atoms with E-state index in [4.69, 9.17) is 0 Å². The molecule has 0 N–H and O–H groups in total. The standard InChI is InChI=1S/C18H28/c1-7-18(8-2)10-9-14-11-13(3)15(12-16(14)18)17(4,5)6/h11-12H,7-10H2,1-6H3. The van der Waals surface area contributed by atoms with E-state index in [-0.39, 0.29) is 5.41 Å². The first-order valence-corrected chi connectivity index (χ1v) is 7.48. The molecule has 0 saturated heterocycles. The summed E-state index contributed by atoms with van der Waals surface area (Å²) < 4.78 is 0. The van der Waals surface area contributed by atoms with Crippen molar-refractivity contribution in [2.45, 2.75) is 78.1 Å². The summed E-state index contributed by atoms with van der Waals surface area (Å²) in [5.74, 6) is 0. The first-order valence-electron chi connectivity index (χ1n) is 7.48. The fourth-order valence-corrected chi connectivity index (χ4v) is 3.77. The first-order chi connectivity index (χ1) is 8.34. The Kier molecular flexibility index (Phi) is 3.34. The molecule has 1 aromatic rings. The van der Waals surface area contributed by atoms with E-state index < -0.39 is 0 Å². The topological polar surface area (TPSA) is 0 Å². The lowest BCUT2D eigenvalue weighted by molar-refractivity contribution is 0.393. The van der Waals surface area contributed by atoms with Gasteiger partial charge in [0.25, 0.3) is 0 Å². The number of rotatable bonds is 2. The van der Waals surface area contributed by atoms with Crippen LogP contribution < -0.4 is 0 Å². The van der Waals surface area contributed by atoms with Gasteiger partial charge in [0.1, 0.15) is 0 Å². The summed E-state index contributed by atoms with van der Waals surface area (Å²) in [6, 6.07) is 4.99. The van der Waals surface area contributed by atoms with Crippen molar-refractivity contribution < 1.29 is 0 Å². The lowest BCUT2D eigenvalue weighted by Gasteiger charge is -2.30. The second-order valence-corrected chi connectivity index (χ2v) is 7.06. The van der Waals surface area contributed by atoms with Gasteiger partial charge in [-0.05, 0) is 65.7 Å². The highest BCUT2D eigenvalue weighted by molar-refractivity contribution is 5.47. The minimum absolute atomic E-state index is 0.259. The molecular weight excluding hydrogens is 216 g/mol. The summed E-state index contributed by atoms with van der Waals surface area (Å²) in [7, 11) is 0. The van der Waals surface area contributed by atoms with E-state index in [1.807, 2.05) is 0 Å². The van der Waals surface area contributed by atoms with Crippen molar-refractivity contribution in [3.8, 4) is 0 Å². The molecule has 0 unspecified atom stereocenters. The lowest BCUT2D eigenvalue weighted by Crippen LogP contribution is -2.22. The van der Waals surface area contributed by atoms with Crippen LogP contribution in [0.25, 0.3) is 0 Å². The molecule has 0 bridgehead atoms. The van der Waals surface area contributed by atoms with Gasteiger partial charge in [-0.25, -0.2) is 0 Å². The molecule has 0 atom stereocenters. The largest absolute Gasteiger partial charge is 0.0645 e. The van der Waals surface area contributed by atoms with Gasteiger partial charge >= 0.3 is 0 Å². The normalized spacial score (nSPS) is 17.9. The summed E-state index contributed by atoms with van der Waals surface area (Å²) in [5.41, 5.74) is 7.00. The first kappa shape index (κ1) is 13.6. The molecule has 0 nitrogen and oxygen atoms in total. The predicted molar refractivity (Wildman–Crippen MR) is 80.5 cm³/mol. The summed E-state index contributed by atoms with van der Waals surface area (Å²) >= 11 is 0. The third-order valence-corrected chi connectivity index (χ3v) is 5.06. The summed E-state index contributed by atoms with van der Waals surface area (Å²) in [4.78, 5) is 0. The van der Waals surface area contributed by atoms with E-state index in [1.165, 1.54) is 36.8 Å². The van der Waals surface area contributed by atoms with E-state index in [0.717, 1.165) is 0 Å². The monoisotopic (exact) mass is 244 g/mol. The van der Waals surface area contributed by atoms with Crippen LogP contribution in [0.5, 0.6) is 0 Å². The third kappa shape index (κ3) is 2.00. The van der Waals surface area contributed by atoms with E-state index in [0.29, 0.717) is 5.41 Å². The molecule has 1 aliphatic rings. The molecule has 1 aliphatic carbocycles. The zero-order valence-electron chi connectivity index (χ0n) is 13.0. The lowest BCUT2D eigenvalue weighted by atomic mass is 9.74. The maximum Gasteiger partial charge on any atom is -0.00462 e. The van der Waals surface area contributed by atoms with Crippen molar-refractivity contribution in [3.63, 3.8) is 0 Å². The quantitative estimate of drug-likeness (QED) is 0.662. The van der Waals surface area contributed by atoms with Crippen molar-refractivity contribution in [2.24, 2.45) is 0 Å². The van der Waals surface area contributed by atoms with Crippen LogP contribution in [0.15, 0.2) is 12.1 Å². The van der Waals surface area contributed by atoms with Gasteiger partial charge in [-0.2, -0.15) is 0 Å². The Morgan fingerprint density at radius 1 is 1.11 bits per heavy atom. The van der Waals surface area contributed by atoms with Gasteiger partial charge in [0.15, 0.2) is 0 Å². The fourth-order valence-electron chi connectivity index (χ4n) is 3.77. The Morgan fingerprint density at radius 2 is 1.72 bits per heavy atom. The van der Waals surface area contributed by atoms with Crippen LogP contribution in [0.1, 0.15) is 76.1 Å². The second-order valence-electron chi connectivity index (χ2n) is 7.06. The molecule has 0 heterocycles. The van der Waals surface area contributed by atoms with Gasteiger partial charge in [0.2, 0.25) is 0 Å². The maximum atomic E-state index is 2.53. The highest BCUT2D eigenvalue weighted by atomic mass is 14.4. The molecule has 0 spiro atoms. The van der Waals surface area contributed by atoms with Crippen molar-refractivity contribution in [3.05, 3.63) is 34.4 Å². The Bertz CT molecular complexity index is 442. The molecule has 100 valence electrons. The zero-order valence-corrected chi connectivity index (χ0v) is 13.0. The number of hydrogen-bond donors (Lipinski definition) is 0. The Morgan fingerprint density at radius 3 is 2.22 bits per heavy atom. The van der Waals surface area contributed by atoms with Crippen molar-refractivity contribution >= 4 is 0 Å². The molecule has 0 radical (unpaired) electrons. The molecule has 0 aromatic heterocycles. The fraction of sp³-hybridized carbons (Fsp3) is 0.667. The third-order valence-electron chi connectivity index (χ3n) is 5.06. The van der Waals surface area contributed by atoms with Gasteiger partial charge in [-0.15, -0.1) is 0 Å². The van der Waals surface area contributed by atoms with Crippen LogP contribution in [-0.4, -0.2) is 0 Å². The Labute approximate surface area is 113 Å². The molecule has 0 amide bonds. The van der Waals surface area contributed by atoms with E-state index >= 15 is 0 Å². The van der Waals surface area contributed by atoms with Crippen LogP contribution >= 0.6 is 0 Å². The van der Waals surface area contributed by atoms with E-state index in [9.17, 15) is 0 Å². The van der Waals surface area contributed by atoms with Gasteiger partial charge in [-0.3, -0.25) is 0 Å². The van der Waals surface area contributed by atoms with Crippen LogP contribution in [0.4, 0.5) is 0 Å². The van der Waals surface area contributed by atoms with Gasteiger partial charge < -0.3 is 0 Å². The molecule has 0 saturated carbocycles. The molecule has 0 heteroatoms. The molecule has 18 heavy (non-hydrogen) atoms. The summed E-state index contributed by atoms with van der Waals surface area (Å²) in [5, 5.41) is 0.